The zero-order valence-corrected chi connectivity index (χ0v) is 14.8. The molecule has 2 heterocycles. The molecule has 0 N–H and O–H groups in total. The van der Waals surface area contributed by atoms with Gasteiger partial charge in [0.05, 0.1) is 5.52 Å². The molecular formula is C22H24N2. The third kappa shape index (κ3) is 2.25. The van der Waals surface area contributed by atoms with Crippen LogP contribution in [-0.2, 0) is 20.0 Å². The minimum Gasteiger partial charge on any atom is -0.348 e. The first-order chi connectivity index (χ1) is 11.6. The Labute approximate surface area is 144 Å². The molecule has 0 atom stereocenters. The van der Waals surface area contributed by atoms with Gasteiger partial charge in [-0.15, -0.1) is 0 Å². The van der Waals surface area contributed by atoms with Gasteiger partial charge in [-0.05, 0) is 54.1 Å². The average Bonchev–Trinajstić information content (AvgIpc) is 3.05. The summed E-state index contributed by atoms with van der Waals surface area (Å²) in [6.07, 6.45) is 2.31. The Hall–Kier alpha value is -2.48. The number of rotatable bonds is 3. The number of anilines is 1. The fraction of sp³-hybridized carbons (Fsp3) is 0.273. The molecule has 0 radical (unpaired) electrons. The van der Waals surface area contributed by atoms with E-state index < -0.39 is 0 Å². The van der Waals surface area contributed by atoms with Gasteiger partial charge in [-0.2, -0.15) is 0 Å². The summed E-state index contributed by atoms with van der Waals surface area (Å²) in [5.74, 6) is 0. The van der Waals surface area contributed by atoms with Gasteiger partial charge in [0.1, 0.15) is 0 Å². The highest BCUT2D eigenvalue weighted by Gasteiger charge is 2.24. The monoisotopic (exact) mass is 316 g/mol. The van der Waals surface area contributed by atoms with Gasteiger partial charge in [0, 0.05) is 36.2 Å². The molecule has 2 nitrogen and oxygen atoms in total. The Bertz CT molecular complexity index is 946. The van der Waals surface area contributed by atoms with Crippen LogP contribution in [0.2, 0.25) is 0 Å². The molecule has 0 spiro atoms. The van der Waals surface area contributed by atoms with Crippen molar-refractivity contribution in [3.05, 3.63) is 71.4 Å². The maximum Gasteiger partial charge on any atom is 0.0500 e. The van der Waals surface area contributed by atoms with Crippen LogP contribution in [-0.4, -0.2) is 4.57 Å². The molecule has 0 saturated heterocycles. The van der Waals surface area contributed by atoms with Crippen LogP contribution in [0, 0.1) is 6.92 Å². The van der Waals surface area contributed by atoms with Gasteiger partial charge in [-0.1, -0.05) is 38.1 Å². The van der Waals surface area contributed by atoms with Crippen molar-refractivity contribution in [1.29, 1.82) is 0 Å². The Morgan fingerprint density at radius 2 is 1.92 bits per heavy atom. The summed E-state index contributed by atoms with van der Waals surface area (Å²) < 4.78 is 2.25. The van der Waals surface area contributed by atoms with E-state index in [4.69, 9.17) is 0 Å². The van der Waals surface area contributed by atoms with Crippen LogP contribution in [0.3, 0.4) is 0 Å². The van der Waals surface area contributed by atoms with Crippen molar-refractivity contribution >= 4 is 22.3 Å². The molecule has 0 aliphatic carbocycles. The molecule has 2 aromatic carbocycles. The number of hydrogen-bond acceptors (Lipinski definition) is 1. The number of hydrogen-bond donors (Lipinski definition) is 0. The van der Waals surface area contributed by atoms with E-state index in [0.717, 1.165) is 18.7 Å². The highest BCUT2D eigenvalue weighted by molar-refractivity contribution is 5.90. The zero-order valence-electron chi connectivity index (χ0n) is 14.8. The van der Waals surface area contributed by atoms with Crippen LogP contribution in [0.1, 0.15) is 35.7 Å². The third-order valence-corrected chi connectivity index (χ3v) is 5.26. The molecule has 1 aromatic heterocycles. The maximum absolute atomic E-state index is 4.38. The summed E-state index contributed by atoms with van der Waals surface area (Å²) in [6, 6.07) is 15.8. The molecule has 1 aliphatic rings. The molecule has 24 heavy (non-hydrogen) atoms. The summed E-state index contributed by atoms with van der Waals surface area (Å²) in [5, 5.41) is 1.30. The van der Waals surface area contributed by atoms with Crippen molar-refractivity contribution in [3.8, 4) is 0 Å². The molecule has 4 rings (SSSR count). The Morgan fingerprint density at radius 3 is 2.71 bits per heavy atom. The molecule has 122 valence electrons. The van der Waals surface area contributed by atoms with Crippen molar-refractivity contribution < 1.29 is 0 Å². The van der Waals surface area contributed by atoms with E-state index >= 15 is 0 Å². The van der Waals surface area contributed by atoms with E-state index in [1.54, 1.807) is 0 Å². The SMILES string of the molecule is C=C1c2cc(CCC)ccc2CN1c1ccc2cc(C)n(C)c2c1. The highest BCUT2D eigenvalue weighted by atomic mass is 15.2. The van der Waals surface area contributed by atoms with Gasteiger partial charge < -0.3 is 9.47 Å². The fourth-order valence-corrected chi connectivity index (χ4v) is 3.76. The fourth-order valence-electron chi connectivity index (χ4n) is 3.76. The largest absolute Gasteiger partial charge is 0.348 e. The van der Waals surface area contributed by atoms with Crippen LogP contribution in [0.5, 0.6) is 0 Å². The van der Waals surface area contributed by atoms with E-state index in [9.17, 15) is 0 Å². The van der Waals surface area contributed by atoms with Crippen molar-refractivity contribution in [2.24, 2.45) is 7.05 Å². The average molecular weight is 316 g/mol. The molecule has 0 unspecified atom stereocenters. The lowest BCUT2D eigenvalue weighted by Crippen LogP contribution is -2.12. The van der Waals surface area contributed by atoms with E-state index in [2.05, 4.69) is 79.4 Å². The molecular weight excluding hydrogens is 292 g/mol. The number of aromatic nitrogens is 1. The van der Waals surface area contributed by atoms with E-state index in [1.165, 1.54) is 45.4 Å². The third-order valence-electron chi connectivity index (χ3n) is 5.26. The van der Waals surface area contributed by atoms with Gasteiger partial charge in [-0.3, -0.25) is 0 Å². The lowest BCUT2D eigenvalue weighted by atomic mass is 10.0. The summed E-state index contributed by atoms with van der Waals surface area (Å²) in [7, 11) is 2.13. The second kappa shape index (κ2) is 5.55. The lowest BCUT2D eigenvalue weighted by Gasteiger charge is -2.20. The molecule has 3 aromatic rings. The Balaban J connectivity index is 1.73. The summed E-state index contributed by atoms with van der Waals surface area (Å²) in [5.41, 5.74) is 9.00. The van der Waals surface area contributed by atoms with Crippen LogP contribution < -0.4 is 4.90 Å². The van der Waals surface area contributed by atoms with Crippen LogP contribution >= 0.6 is 0 Å². The minimum atomic E-state index is 0.912. The molecule has 0 bridgehead atoms. The lowest BCUT2D eigenvalue weighted by molar-refractivity contribution is 0.917. The summed E-state index contributed by atoms with van der Waals surface area (Å²) in [4.78, 5) is 2.34. The van der Waals surface area contributed by atoms with E-state index in [-0.39, 0.29) is 0 Å². The van der Waals surface area contributed by atoms with Gasteiger partial charge in [0.2, 0.25) is 0 Å². The standard InChI is InChI=1S/C22H24N2/c1-5-6-17-7-8-19-14-24(16(3)21(19)12-17)20-10-9-18-11-15(2)23(4)22(18)13-20/h7-13H,3,5-6,14H2,1-2,4H3. The molecule has 0 saturated carbocycles. The normalized spacial score (nSPS) is 13.8. The quantitative estimate of drug-likeness (QED) is 0.625. The minimum absolute atomic E-state index is 0.912. The molecule has 0 fully saturated rings. The second-order valence-electron chi connectivity index (χ2n) is 6.86. The number of fused-ring (bicyclic) bond motifs is 2. The van der Waals surface area contributed by atoms with Gasteiger partial charge >= 0.3 is 0 Å². The first-order valence-electron chi connectivity index (χ1n) is 8.73. The first kappa shape index (κ1) is 15.1. The number of aryl methyl sites for hydroxylation is 3. The molecule has 1 aliphatic heterocycles. The Kier molecular flexibility index (Phi) is 3.49. The summed E-state index contributed by atoms with van der Waals surface area (Å²) >= 11 is 0. The second-order valence-corrected chi connectivity index (χ2v) is 6.86. The van der Waals surface area contributed by atoms with Crippen LogP contribution in [0.15, 0.2) is 49.0 Å². The van der Waals surface area contributed by atoms with Crippen LogP contribution in [0.25, 0.3) is 16.6 Å². The zero-order chi connectivity index (χ0) is 16.8. The van der Waals surface area contributed by atoms with Gasteiger partial charge in [-0.25, -0.2) is 0 Å². The number of nitrogens with zero attached hydrogens (tertiary/aromatic N) is 2. The smallest absolute Gasteiger partial charge is 0.0500 e. The molecule has 0 amide bonds. The van der Waals surface area contributed by atoms with Crippen LogP contribution in [0.4, 0.5) is 5.69 Å². The van der Waals surface area contributed by atoms with E-state index in [0.29, 0.717) is 0 Å². The van der Waals surface area contributed by atoms with Crippen molar-refractivity contribution in [2.45, 2.75) is 33.2 Å². The molecule has 2 heteroatoms. The predicted molar refractivity (Wildman–Crippen MR) is 103 cm³/mol. The van der Waals surface area contributed by atoms with E-state index in [1.807, 2.05) is 0 Å². The summed E-state index contributed by atoms with van der Waals surface area (Å²) in [6.45, 7) is 9.67. The highest BCUT2D eigenvalue weighted by Crippen LogP contribution is 2.37. The van der Waals surface area contributed by atoms with Crippen molar-refractivity contribution in [3.63, 3.8) is 0 Å². The van der Waals surface area contributed by atoms with Crippen molar-refractivity contribution in [2.75, 3.05) is 4.90 Å². The van der Waals surface area contributed by atoms with Crippen molar-refractivity contribution in [1.82, 2.24) is 4.57 Å². The Morgan fingerprint density at radius 1 is 1.08 bits per heavy atom. The topological polar surface area (TPSA) is 8.17 Å². The maximum atomic E-state index is 4.38. The van der Waals surface area contributed by atoms with Gasteiger partial charge in [0.15, 0.2) is 0 Å². The van der Waals surface area contributed by atoms with Gasteiger partial charge in [0.25, 0.3) is 0 Å². The number of benzene rings is 2. The predicted octanol–water partition coefficient (Wildman–Crippen LogP) is 5.43. The first-order valence-corrected chi connectivity index (χ1v) is 8.73.